The maximum Gasteiger partial charge on any atom is 0.303 e. The van der Waals surface area contributed by atoms with Crippen LogP contribution in [0.3, 0.4) is 0 Å². The second kappa shape index (κ2) is 13.3. The third-order valence-corrected chi connectivity index (χ3v) is 3.85. The highest BCUT2D eigenvalue weighted by atomic mass is 32.1. The van der Waals surface area contributed by atoms with Gasteiger partial charge in [0.1, 0.15) is 0 Å². The lowest BCUT2D eigenvalue weighted by atomic mass is 10.0. The molecule has 0 spiro atoms. The molecule has 0 rings (SSSR count). The number of carbonyl (C=O) groups is 1. The molecule has 3 heteroatoms. The predicted octanol–water partition coefficient (Wildman–Crippen LogP) is 5.07. The lowest BCUT2D eigenvalue weighted by Gasteiger charge is -2.08. The van der Waals surface area contributed by atoms with E-state index in [1.807, 2.05) is 0 Å². The van der Waals surface area contributed by atoms with Crippen molar-refractivity contribution in [2.75, 3.05) is 0 Å². The van der Waals surface area contributed by atoms with Gasteiger partial charge in [-0.3, -0.25) is 4.79 Å². The van der Waals surface area contributed by atoms with E-state index < -0.39 is 5.97 Å². The molecule has 0 aromatic carbocycles. The van der Waals surface area contributed by atoms with Crippen molar-refractivity contribution in [3.63, 3.8) is 0 Å². The Bertz CT molecular complexity index is 195. The highest BCUT2D eigenvalue weighted by Gasteiger charge is 2.05. The Balaban J connectivity index is 3.12. The van der Waals surface area contributed by atoms with Gasteiger partial charge in [-0.25, -0.2) is 0 Å². The Morgan fingerprint density at radius 1 is 0.944 bits per heavy atom. The Kier molecular flexibility index (Phi) is 13.1. The van der Waals surface area contributed by atoms with Crippen molar-refractivity contribution in [2.45, 2.75) is 89.2 Å². The van der Waals surface area contributed by atoms with Gasteiger partial charge in [0, 0.05) is 11.7 Å². The molecule has 0 amide bonds. The second-order valence-electron chi connectivity index (χ2n) is 5.20. The summed E-state index contributed by atoms with van der Waals surface area (Å²) in [4.78, 5) is 10.4. The summed E-state index contributed by atoms with van der Waals surface area (Å²) in [5.74, 6) is -0.707. The molecule has 0 aromatic rings. The van der Waals surface area contributed by atoms with Gasteiger partial charge in [-0.1, -0.05) is 64.7 Å². The zero-order valence-electron chi connectivity index (χ0n) is 11.9. The van der Waals surface area contributed by atoms with Crippen molar-refractivity contribution in [1.82, 2.24) is 0 Å². The normalized spacial score (nSPS) is 12.6. The van der Waals surface area contributed by atoms with E-state index in [9.17, 15) is 4.79 Å². The minimum absolute atomic E-state index is 0.256. The highest BCUT2D eigenvalue weighted by Crippen LogP contribution is 2.16. The Hall–Kier alpha value is -0.180. The maximum atomic E-state index is 10.4. The number of rotatable bonds is 13. The number of hydrogen-bond acceptors (Lipinski definition) is 2. The molecule has 18 heavy (non-hydrogen) atoms. The zero-order valence-corrected chi connectivity index (χ0v) is 12.8. The van der Waals surface area contributed by atoms with Crippen LogP contribution >= 0.6 is 12.6 Å². The lowest BCUT2D eigenvalue weighted by molar-refractivity contribution is -0.137. The van der Waals surface area contributed by atoms with Crippen LogP contribution < -0.4 is 0 Å². The van der Waals surface area contributed by atoms with E-state index in [-0.39, 0.29) is 11.7 Å². The molecular weight excluding hydrogens is 244 g/mol. The minimum atomic E-state index is -0.707. The quantitative estimate of drug-likeness (QED) is 0.363. The summed E-state index contributed by atoms with van der Waals surface area (Å²) >= 11 is 4.42. The van der Waals surface area contributed by atoms with Crippen LogP contribution in [0.1, 0.15) is 84.0 Å². The number of carboxylic acid groups (broad SMARTS) is 1. The Morgan fingerprint density at radius 2 is 1.44 bits per heavy atom. The molecule has 0 aliphatic rings. The van der Waals surface area contributed by atoms with Crippen molar-refractivity contribution in [2.24, 2.45) is 0 Å². The van der Waals surface area contributed by atoms with E-state index >= 15 is 0 Å². The molecule has 2 nitrogen and oxygen atoms in total. The summed E-state index contributed by atoms with van der Waals surface area (Å²) in [6.07, 6.45) is 14.0. The monoisotopic (exact) mass is 274 g/mol. The topological polar surface area (TPSA) is 37.3 Å². The number of hydrogen-bond donors (Lipinski definition) is 2. The molecule has 108 valence electrons. The average Bonchev–Trinajstić information content (AvgIpc) is 2.34. The molecule has 0 aliphatic carbocycles. The molecule has 0 saturated heterocycles. The van der Waals surface area contributed by atoms with Crippen LogP contribution in [-0.4, -0.2) is 16.3 Å². The van der Waals surface area contributed by atoms with Crippen molar-refractivity contribution >= 4 is 18.6 Å². The first kappa shape index (κ1) is 17.8. The van der Waals surface area contributed by atoms with Gasteiger partial charge in [0.15, 0.2) is 0 Å². The molecule has 0 saturated carbocycles. The Labute approximate surface area is 118 Å². The molecule has 0 aliphatic heterocycles. The summed E-state index contributed by atoms with van der Waals surface area (Å²) in [6, 6.07) is 0. The average molecular weight is 274 g/mol. The van der Waals surface area contributed by atoms with E-state index in [2.05, 4.69) is 19.6 Å². The summed E-state index contributed by atoms with van der Waals surface area (Å²) in [5.41, 5.74) is 0. The van der Waals surface area contributed by atoms with Crippen LogP contribution in [0.2, 0.25) is 0 Å². The van der Waals surface area contributed by atoms with E-state index in [0.29, 0.717) is 6.42 Å². The van der Waals surface area contributed by atoms with Gasteiger partial charge >= 0.3 is 5.97 Å². The first-order valence-corrected chi connectivity index (χ1v) is 8.08. The number of thiol groups is 1. The largest absolute Gasteiger partial charge is 0.481 e. The summed E-state index contributed by atoms with van der Waals surface area (Å²) in [6.45, 7) is 2.25. The van der Waals surface area contributed by atoms with Crippen LogP contribution in [0, 0.1) is 0 Å². The van der Waals surface area contributed by atoms with Gasteiger partial charge in [-0.15, -0.1) is 0 Å². The van der Waals surface area contributed by atoms with Gasteiger partial charge in [-0.05, 0) is 12.8 Å². The third kappa shape index (κ3) is 13.9. The lowest BCUT2D eigenvalue weighted by Crippen LogP contribution is -2.03. The van der Waals surface area contributed by atoms with E-state index in [1.54, 1.807) is 0 Å². The summed E-state index contributed by atoms with van der Waals surface area (Å²) < 4.78 is 0. The van der Waals surface area contributed by atoms with E-state index in [1.165, 1.54) is 57.8 Å². The molecule has 0 bridgehead atoms. The Morgan fingerprint density at radius 3 is 1.94 bits per heavy atom. The number of carboxylic acids is 1. The minimum Gasteiger partial charge on any atom is -0.481 e. The number of unbranched alkanes of at least 4 members (excludes halogenated alkanes) is 8. The molecular formula is C15H30O2S. The molecule has 1 unspecified atom stereocenters. The smallest absolute Gasteiger partial charge is 0.303 e. The molecule has 0 radical (unpaired) electrons. The van der Waals surface area contributed by atoms with Crippen molar-refractivity contribution in [1.29, 1.82) is 0 Å². The third-order valence-electron chi connectivity index (χ3n) is 3.33. The number of aliphatic carboxylic acids is 1. The molecule has 0 heterocycles. The molecule has 0 fully saturated rings. The first-order chi connectivity index (χ1) is 8.66. The van der Waals surface area contributed by atoms with E-state index in [0.717, 1.165) is 6.42 Å². The second-order valence-corrected chi connectivity index (χ2v) is 5.93. The fourth-order valence-corrected chi connectivity index (χ4v) is 2.44. The fourth-order valence-electron chi connectivity index (χ4n) is 2.13. The van der Waals surface area contributed by atoms with Gasteiger partial charge < -0.3 is 5.11 Å². The standard InChI is InChI=1S/C15H30O2S/c1-2-3-4-5-6-7-8-9-10-11-14(18)12-13-15(16)17/h14,18H,2-13H2,1H3,(H,16,17). The maximum absolute atomic E-state index is 10.4. The van der Waals surface area contributed by atoms with Crippen LogP contribution in [0.5, 0.6) is 0 Å². The van der Waals surface area contributed by atoms with Gasteiger partial charge in [0.2, 0.25) is 0 Å². The summed E-state index contributed by atoms with van der Waals surface area (Å²) in [7, 11) is 0. The zero-order chi connectivity index (χ0) is 13.6. The van der Waals surface area contributed by atoms with Gasteiger partial charge in [-0.2, -0.15) is 12.6 Å². The predicted molar refractivity (Wildman–Crippen MR) is 81.5 cm³/mol. The highest BCUT2D eigenvalue weighted by molar-refractivity contribution is 7.80. The van der Waals surface area contributed by atoms with Crippen LogP contribution in [0.15, 0.2) is 0 Å². The van der Waals surface area contributed by atoms with Crippen LogP contribution in [0.25, 0.3) is 0 Å². The van der Waals surface area contributed by atoms with Crippen molar-refractivity contribution < 1.29 is 9.90 Å². The molecule has 1 N–H and O–H groups in total. The first-order valence-electron chi connectivity index (χ1n) is 7.56. The fraction of sp³-hybridized carbons (Fsp3) is 0.933. The van der Waals surface area contributed by atoms with Crippen LogP contribution in [0.4, 0.5) is 0 Å². The van der Waals surface area contributed by atoms with Crippen molar-refractivity contribution in [3.05, 3.63) is 0 Å². The molecule has 1 atom stereocenters. The van der Waals surface area contributed by atoms with Gasteiger partial charge in [0.05, 0.1) is 0 Å². The van der Waals surface area contributed by atoms with Gasteiger partial charge in [0.25, 0.3) is 0 Å². The SMILES string of the molecule is CCCCCCCCCCCC(S)CCC(=O)O. The van der Waals surface area contributed by atoms with Crippen molar-refractivity contribution in [3.8, 4) is 0 Å². The van der Waals surface area contributed by atoms with E-state index in [4.69, 9.17) is 5.11 Å². The molecule has 0 aromatic heterocycles. The summed E-state index contributed by atoms with van der Waals surface area (Å²) in [5, 5.41) is 8.83. The van der Waals surface area contributed by atoms with Crippen LogP contribution in [-0.2, 0) is 4.79 Å².